The SMILES string of the molecule is Cc1ccc(S(=O)(=O)NCC2CCCN(Cc3cc(Cl)cc4c3OCOC4)C2)cc1. The largest absolute Gasteiger partial charge is 0.467 e. The van der Waals surface area contributed by atoms with Crippen molar-refractivity contribution in [2.75, 3.05) is 26.4 Å². The smallest absolute Gasteiger partial charge is 0.240 e. The number of fused-ring (bicyclic) bond motifs is 1. The van der Waals surface area contributed by atoms with Gasteiger partial charge in [-0.1, -0.05) is 29.3 Å². The number of benzene rings is 2. The van der Waals surface area contributed by atoms with Crippen molar-refractivity contribution in [3.63, 3.8) is 0 Å². The first-order chi connectivity index (χ1) is 14.4. The van der Waals surface area contributed by atoms with Crippen LogP contribution in [0.15, 0.2) is 41.3 Å². The van der Waals surface area contributed by atoms with E-state index in [2.05, 4.69) is 9.62 Å². The van der Waals surface area contributed by atoms with Gasteiger partial charge in [-0.25, -0.2) is 13.1 Å². The summed E-state index contributed by atoms with van der Waals surface area (Å²) in [5, 5.41) is 0.678. The van der Waals surface area contributed by atoms with Gasteiger partial charge in [0.2, 0.25) is 10.0 Å². The summed E-state index contributed by atoms with van der Waals surface area (Å²) in [6.07, 6.45) is 2.04. The van der Waals surface area contributed by atoms with Crippen LogP contribution in [0, 0.1) is 12.8 Å². The van der Waals surface area contributed by atoms with Crippen LogP contribution in [0.3, 0.4) is 0 Å². The first kappa shape index (κ1) is 21.6. The van der Waals surface area contributed by atoms with E-state index in [1.807, 2.05) is 31.2 Å². The van der Waals surface area contributed by atoms with E-state index in [9.17, 15) is 8.42 Å². The van der Waals surface area contributed by atoms with E-state index < -0.39 is 10.0 Å². The van der Waals surface area contributed by atoms with Crippen LogP contribution >= 0.6 is 11.6 Å². The third kappa shape index (κ3) is 5.15. The van der Waals surface area contributed by atoms with Crippen molar-refractivity contribution in [1.82, 2.24) is 9.62 Å². The molecule has 2 aliphatic heterocycles. The van der Waals surface area contributed by atoms with Crippen LogP contribution in [0.5, 0.6) is 5.75 Å². The number of rotatable bonds is 6. The number of nitrogens with zero attached hydrogens (tertiary/aromatic N) is 1. The Bertz CT molecular complexity index is 995. The molecule has 1 fully saturated rings. The summed E-state index contributed by atoms with van der Waals surface area (Å²) in [5.41, 5.74) is 3.07. The first-order valence-electron chi connectivity index (χ1n) is 10.2. The second-order valence-corrected chi connectivity index (χ2v) is 10.3. The molecule has 0 saturated carbocycles. The van der Waals surface area contributed by atoms with E-state index in [0.717, 1.165) is 54.9 Å². The molecule has 2 aromatic carbocycles. The zero-order valence-electron chi connectivity index (χ0n) is 17.1. The monoisotopic (exact) mass is 450 g/mol. The maximum Gasteiger partial charge on any atom is 0.240 e. The van der Waals surface area contributed by atoms with Crippen LogP contribution < -0.4 is 9.46 Å². The number of nitrogens with one attached hydrogen (secondary N) is 1. The van der Waals surface area contributed by atoms with Gasteiger partial charge >= 0.3 is 0 Å². The maximum atomic E-state index is 12.6. The molecule has 0 radical (unpaired) electrons. The van der Waals surface area contributed by atoms with Gasteiger partial charge in [0.1, 0.15) is 5.75 Å². The molecule has 1 unspecified atom stereocenters. The highest BCUT2D eigenvalue weighted by atomic mass is 35.5. The third-order valence-corrected chi connectivity index (χ3v) is 7.30. The fraction of sp³-hybridized carbons (Fsp3) is 0.455. The van der Waals surface area contributed by atoms with Gasteiger partial charge in [-0.15, -0.1) is 0 Å². The van der Waals surface area contributed by atoms with Crippen molar-refractivity contribution in [1.29, 1.82) is 0 Å². The first-order valence-corrected chi connectivity index (χ1v) is 12.1. The maximum absolute atomic E-state index is 12.6. The van der Waals surface area contributed by atoms with Crippen LogP contribution in [0.2, 0.25) is 5.02 Å². The molecule has 1 N–H and O–H groups in total. The van der Waals surface area contributed by atoms with E-state index in [4.69, 9.17) is 21.1 Å². The Morgan fingerprint density at radius 3 is 2.83 bits per heavy atom. The summed E-state index contributed by atoms with van der Waals surface area (Å²) in [7, 11) is -3.49. The molecular formula is C22H27ClN2O4S. The third-order valence-electron chi connectivity index (χ3n) is 5.64. The molecule has 2 aromatic rings. The quantitative estimate of drug-likeness (QED) is 0.726. The van der Waals surface area contributed by atoms with Gasteiger partial charge < -0.3 is 9.47 Å². The van der Waals surface area contributed by atoms with Gasteiger partial charge in [0, 0.05) is 35.8 Å². The topological polar surface area (TPSA) is 67.9 Å². The Morgan fingerprint density at radius 2 is 2.03 bits per heavy atom. The lowest BCUT2D eigenvalue weighted by Crippen LogP contribution is -2.40. The minimum Gasteiger partial charge on any atom is -0.467 e. The van der Waals surface area contributed by atoms with Crippen molar-refractivity contribution >= 4 is 21.6 Å². The Hall–Kier alpha value is -1.64. The van der Waals surface area contributed by atoms with Crippen LogP contribution in [0.1, 0.15) is 29.5 Å². The molecule has 2 heterocycles. The van der Waals surface area contributed by atoms with Crippen LogP contribution in [-0.2, 0) is 27.9 Å². The number of sulfonamides is 1. The Morgan fingerprint density at radius 1 is 1.23 bits per heavy atom. The van der Waals surface area contributed by atoms with E-state index in [1.165, 1.54) is 0 Å². The van der Waals surface area contributed by atoms with Gasteiger partial charge in [-0.3, -0.25) is 4.90 Å². The number of aryl methyl sites for hydroxylation is 1. The molecule has 162 valence electrons. The number of halogens is 1. The summed E-state index contributed by atoms with van der Waals surface area (Å²) in [5.74, 6) is 1.13. The Kier molecular flexibility index (Phi) is 6.65. The van der Waals surface area contributed by atoms with Crippen molar-refractivity contribution < 1.29 is 17.9 Å². The molecule has 6 nitrogen and oxygen atoms in total. The second kappa shape index (κ2) is 9.24. The zero-order chi connectivity index (χ0) is 21.1. The molecule has 0 aliphatic carbocycles. The van der Waals surface area contributed by atoms with Crippen molar-refractivity contribution in [3.05, 3.63) is 58.1 Å². The molecule has 0 aromatic heterocycles. The zero-order valence-corrected chi connectivity index (χ0v) is 18.6. The molecule has 0 spiro atoms. The Balaban J connectivity index is 1.38. The average molecular weight is 451 g/mol. The number of likely N-dealkylation sites (tertiary alicyclic amines) is 1. The molecule has 30 heavy (non-hydrogen) atoms. The normalized spacial score (nSPS) is 19.9. The average Bonchev–Trinajstić information content (AvgIpc) is 2.73. The van der Waals surface area contributed by atoms with Crippen molar-refractivity contribution in [2.24, 2.45) is 5.92 Å². The fourth-order valence-corrected chi connectivity index (χ4v) is 5.48. The molecule has 8 heteroatoms. The standard InChI is InChI=1S/C22H27ClN2O4S/c1-16-4-6-21(7-5-16)30(26,27)24-11-17-3-2-8-25(12-17)13-18-9-20(23)10-19-14-28-15-29-22(18)19/h4-7,9-10,17,24H,2-3,8,11-15H2,1H3. The lowest BCUT2D eigenvalue weighted by molar-refractivity contribution is -0.0176. The van der Waals surface area contributed by atoms with E-state index in [-0.39, 0.29) is 12.7 Å². The molecular weight excluding hydrogens is 424 g/mol. The highest BCUT2D eigenvalue weighted by Crippen LogP contribution is 2.33. The number of hydrogen-bond donors (Lipinski definition) is 1. The van der Waals surface area contributed by atoms with Crippen molar-refractivity contribution in [2.45, 2.75) is 37.8 Å². The highest BCUT2D eigenvalue weighted by molar-refractivity contribution is 7.89. The van der Waals surface area contributed by atoms with Gasteiger partial charge in [0.05, 0.1) is 11.5 Å². The summed E-state index contributed by atoms with van der Waals surface area (Å²) in [6.45, 7) is 5.66. The molecule has 0 bridgehead atoms. The summed E-state index contributed by atoms with van der Waals surface area (Å²) in [4.78, 5) is 2.66. The predicted molar refractivity (Wildman–Crippen MR) is 116 cm³/mol. The number of piperidine rings is 1. The van der Waals surface area contributed by atoms with Crippen LogP contribution in [-0.4, -0.2) is 39.7 Å². The molecule has 2 aliphatic rings. The van der Waals surface area contributed by atoms with E-state index in [1.54, 1.807) is 12.1 Å². The lowest BCUT2D eigenvalue weighted by Gasteiger charge is -2.33. The lowest BCUT2D eigenvalue weighted by atomic mass is 9.97. The van der Waals surface area contributed by atoms with Crippen LogP contribution in [0.4, 0.5) is 0 Å². The number of ether oxygens (including phenoxy) is 2. The molecule has 1 atom stereocenters. The van der Waals surface area contributed by atoms with Gasteiger partial charge in [0.15, 0.2) is 6.79 Å². The van der Waals surface area contributed by atoms with E-state index in [0.29, 0.717) is 23.1 Å². The predicted octanol–water partition coefficient (Wildman–Crippen LogP) is 3.71. The number of hydrogen-bond acceptors (Lipinski definition) is 5. The molecule has 0 amide bonds. The van der Waals surface area contributed by atoms with Crippen molar-refractivity contribution in [3.8, 4) is 5.75 Å². The molecule has 4 rings (SSSR count). The summed E-state index contributed by atoms with van der Waals surface area (Å²) in [6, 6.07) is 10.8. The van der Waals surface area contributed by atoms with E-state index >= 15 is 0 Å². The van der Waals surface area contributed by atoms with Crippen LogP contribution in [0.25, 0.3) is 0 Å². The minimum atomic E-state index is -3.49. The summed E-state index contributed by atoms with van der Waals surface area (Å²) < 4.78 is 39.1. The molecule has 1 saturated heterocycles. The highest BCUT2D eigenvalue weighted by Gasteiger charge is 2.25. The van der Waals surface area contributed by atoms with Gasteiger partial charge in [-0.05, 0) is 56.5 Å². The fourth-order valence-electron chi connectivity index (χ4n) is 4.10. The second-order valence-electron chi connectivity index (χ2n) is 8.07. The minimum absolute atomic E-state index is 0.255. The summed E-state index contributed by atoms with van der Waals surface area (Å²) >= 11 is 6.29. The Labute approximate surface area is 183 Å². The van der Waals surface area contributed by atoms with Gasteiger partial charge in [-0.2, -0.15) is 0 Å². The van der Waals surface area contributed by atoms with Gasteiger partial charge in [0.25, 0.3) is 0 Å².